The molecular formula is C5H10NO. The molecule has 1 radical (unpaired) electrons. The summed E-state index contributed by atoms with van der Waals surface area (Å²) >= 11 is 0. The largest absolute Gasteiger partial charge is 0.273 e. The van der Waals surface area contributed by atoms with Gasteiger partial charge < -0.3 is 0 Å². The van der Waals surface area contributed by atoms with Crippen LogP contribution < -0.4 is 5.32 Å². The third-order valence-corrected chi connectivity index (χ3v) is 0.637. The summed E-state index contributed by atoms with van der Waals surface area (Å²) in [6.45, 7) is 4.28. The number of rotatable bonds is 2. The molecule has 0 fully saturated rings. The van der Waals surface area contributed by atoms with Gasteiger partial charge in [-0.1, -0.05) is 6.92 Å². The quantitative estimate of drug-likeness (QED) is 0.498. The molecule has 0 rings (SSSR count). The zero-order chi connectivity index (χ0) is 5.70. The first kappa shape index (κ1) is 6.47. The Morgan fingerprint density at radius 1 is 1.57 bits per heavy atom. The minimum absolute atomic E-state index is 0.00231. The van der Waals surface area contributed by atoms with Crippen molar-refractivity contribution in [1.29, 1.82) is 0 Å². The second-order valence-electron chi connectivity index (χ2n) is 1.22. The van der Waals surface area contributed by atoms with Crippen molar-refractivity contribution in [1.82, 2.24) is 5.32 Å². The van der Waals surface area contributed by atoms with E-state index in [9.17, 15) is 4.79 Å². The maximum absolute atomic E-state index is 10.2. The van der Waals surface area contributed by atoms with Gasteiger partial charge in [0, 0.05) is 13.0 Å². The standard InChI is InChI=1S/C5H10NO/c1-3-5(7)6-4-2/h3-4H2,1-2H3. The van der Waals surface area contributed by atoms with Crippen molar-refractivity contribution in [2.45, 2.75) is 20.3 Å². The molecule has 0 aromatic heterocycles. The molecule has 1 amide bonds. The van der Waals surface area contributed by atoms with Crippen LogP contribution in [0.1, 0.15) is 20.3 Å². The second-order valence-corrected chi connectivity index (χ2v) is 1.22. The molecular weight excluding hydrogens is 90.1 g/mol. The van der Waals surface area contributed by atoms with Crippen LogP contribution in [0.3, 0.4) is 0 Å². The van der Waals surface area contributed by atoms with Crippen LogP contribution in [-0.2, 0) is 4.79 Å². The summed E-state index contributed by atoms with van der Waals surface area (Å²) in [4.78, 5) is 10.2. The normalized spacial score (nSPS) is 8.29. The van der Waals surface area contributed by atoms with Crippen LogP contribution in [-0.4, -0.2) is 12.5 Å². The highest BCUT2D eigenvalue weighted by Crippen LogP contribution is 1.73. The fourth-order valence-corrected chi connectivity index (χ4v) is 0.288. The fourth-order valence-electron chi connectivity index (χ4n) is 0.288. The van der Waals surface area contributed by atoms with E-state index in [1.807, 2.05) is 13.8 Å². The molecule has 0 aliphatic carbocycles. The van der Waals surface area contributed by atoms with E-state index in [0.717, 1.165) is 0 Å². The van der Waals surface area contributed by atoms with Gasteiger partial charge in [0.25, 0.3) is 0 Å². The molecule has 0 bridgehead atoms. The summed E-state index contributed by atoms with van der Waals surface area (Å²) in [6.07, 6.45) is 0.536. The van der Waals surface area contributed by atoms with Crippen molar-refractivity contribution >= 4 is 5.91 Å². The lowest BCUT2D eigenvalue weighted by Crippen LogP contribution is -2.12. The predicted molar refractivity (Wildman–Crippen MR) is 28.0 cm³/mol. The molecule has 7 heavy (non-hydrogen) atoms. The molecule has 0 aliphatic rings. The Hall–Kier alpha value is -0.530. The van der Waals surface area contributed by atoms with Gasteiger partial charge in [0.2, 0.25) is 5.91 Å². The van der Waals surface area contributed by atoms with Crippen molar-refractivity contribution in [3.63, 3.8) is 0 Å². The van der Waals surface area contributed by atoms with E-state index in [4.69, 9.17) is 0 Å². The van der Waals surface area contributed by atoms with Crippen LogP contribution in [0.4, 0.5) is 0 Å². The molecule has 0 N–H and O–H groups in total. The number of carbonyl (C=O) groups is 1. The molecule has 0 unspecified atom stereocenters. The molecule has 2 nitrogen and oxygen atoms in total. The van der Waals surface area contributed by atoms with Gasteiger partial charge >= 0.3 is 0 Å². The summed E-state index contributed by atoms with van der Waals surface area (Å²) in [5.74, 6) is 0.00231. The van der Waals surface area contributed by atoms with E-state index < -0.39 is 0 Å². The molecule has 0 aromatic carbocycles. The Morgan fingerprint density at radius 3 is 2.29 bits per heavy atom. The van der Waals surface area contributed by atoms with Gasteiger partial charge in [-0.15, -0.1) is 0 Å². The van der Waals surface area contributed by atoms with Gasteiger partial charge in [0.05, 0.1) is 0 Å². The smallest absolute Gasteiger partial charge is 0.240 e. The van der Waals surface area contributed by atoms with E-state index in [-0.39, 0.29) is 5.91 Å². The van der Waals surface area contributed by atoms with Crippen LogP contribution in [0, 0.1) is 0 Å². The lowest BCUT2D eigenvalue weighted by molar-refractivity contribution is -0.120. The monoisotopic (exact) mass is 100 g/mol. The summed E-state index contributed by atoms with van der Waals surface area (Å²) in [5, 5.41) is 3.60. The SMILES string of the molecule is CC[N]C(=O)CC. The Morgan fingerprint density at radius 2 is 2.14 bits per heavy atom. The fraction of sp³-hybridized carbons (Fsp3) is 0.800. The van der Waals surface area contributed by atoms with Gasteiger partial charge in [-0.2, -0.15) is 0 Å². The summed E-state index contributed by atoms with van der Waals surface area (Å²) in [7, 11) is 0. The van der Waals surface area contributed by atoms with Crippen LogP contribution in [0.15, 0.2) is 0 Å². The third kappa shape index (κ3) is 3.30. The second kappa shape index (κ2) is 3.65. The van der Waals surface area contributed by atoms with E-state index in [1.165, 1.54) is 0 Å². The zero-order valence-corrected chi connectivity index (χ0v) is 4.77. The number of hydrogen-bond donors (Lipinski definition) is 0. The van der Waals surface area contributed by atoms with E-state index >= 15 is 0 Å². The summed E-state index contributed by atoms with van der Waals surface area (Å²) < 4.78 is 0. The molecule has 0 saturated heterocycles. The number of carbonyl (C=O) groups excluding carboxylic acids is 1. The van der Waals surface area contributed by atoms with Gasteiger partial charge in [-0.3, -0.25) is 10.1 Å². The lowest BCUT2D eigenvalue weighted by atomic mass is 10.4. The van der Waals surface area contributed by atoms with Gasteiger partial charge in [-0.25, -0.2) is 0 Å². The Balaban J connectivity index is 3.00. The van der Waals surface area contributed by atoms with Crippen molar-refractivity contribution < 1.29 is 4.79 Å². The van der Waals surface area contributed by atoms with E-state index in [1.54, 1.807) is 0 Å². The minimum atomic E-state index is 0.00231. The first-order valence-electron chi connectivity index (χ1n) is 2.51. The van der Waals surface area contributed by atoms with Crippen LogP contribution in [0.25, 0.3) is 0 Å². The maximum atomic E-state index is 10.2. The predicted octanol–water partition coefficient (Wildman–Crippen LogP) is 0.547. The average molecular weight is 100 g/mol. The summed E-state index contributed by atoms with van der Waals surface area (Å²) in [5.41, 5.74) is 0. The molecule has 0 spiro atoms. The highest BCUT2D eigenvalue weighted by Gasteiger charge is 1.91. The number of nitrogens with zero attached hydrogens (tertiary/aromatic N) is 1. The first-order valence-corrected chi connectivity index (χ1v) is 2.51. The highest BCUT2D eigenvalue weighted by atomic mass is 16.1. The first-order chi connectivity index (χ1) is 3.31. The number of hydrogen-bond acceptors (Lipinski definition) is 1. The van der Waals surface area contributed by atoms with Gasteiger partial charge in [0.1, 0.15) is 0 Å². The van der Waals surface area contributed by atoms with Gasteiger partial charge in [-0.05, 0) is 6.92 Å². The Bertz CT molecular complexity index is 61.1. The Labute approximate surface area is 43.9 Å². The van der Waals surface area contributed by atoms with Crippen molar-refractivity contribution in [3.8, 4) is 0 Å². The van der Waals surface area contributed by atoms with Crippen LogP contribution in [0.2, 0.25) is 0 Å². The molecule has 0 heterocycles. The minimum Gasteiger partial charge on any atom is -0.273 e. The van der Waals surface area contributed by atoms with Crippen molar-refractivity contribution in [3.05, 3.63) is 0 Å². The summed E-state index contributed by atoms with van der Waals surface area (Å²) in [6, 6.07) is 0. The topological polar surface area (TPSA) is 31.2 Å². The number of amides is 1. The van der Waals surface area contributed by atoms with Crippen molar-refractivity contribution in [2.24, 2.45) is 0 Å². The molecule has 41 valence electrons. The molecule has 0 atom stereocenters. The maximum Gasteiger partial charge on any atom is 0.240 e. The third-order valence-electron chi connectivity index (χ3n) is 0.637. The van der Waals surface area contributed by atoms with E-state index in [0.29, 0.717) is 13.0 Å². The van der Waals surface area contributed by atoms with Crippen molar-refractivity contribution in [2.75, 3.05) is 6.54 Å². The Kier molecular flexibility index (Phi) is 3.38. The molecule has 0 saturated carbocycles. The zero-order valence-electron chi connectivity index (χ0n) is 4.77. The molecule has 0 aromatic rings. The molecule has 2 heteroatoms. The van der Waals surface area contributed by atoms with Crippen LogP contribution >= 0.6 is 0 Å². The highest BCUT2D eigenvalue weighted by molar-refractivity contribution is 5.74. The van der Waals surface area contributed by atoms with E-state index in [2.05, 4.69) is 5.32 Å². The van der Waals surface area contributed by atoms with Crippen LogP contribution in [0.5, 0.6) is 0 Å². The van der Waals surface area contributed by atoms with Gasteiger partial charge in [0.15, 0.2) is 0 Å². The lowest BCUT2D eigenvalue weighted by Gasteiger charge is -1.89. The average Bonchev–Trinajstić information content (AvgIpc) is 1.68. The molecule has 0 aliphatic heterocycles.